The van der Waals surface area contributed by atoms with Crippen LogP contribution >= 0.6 is 0 Å². The van der Waals surface area contributed by atoms with Crippen molar-refractivity contribution in [3.63, 3.8) is 0 Å². The minimum atomic E-state index is -4.61. The molecule has 36 heavy (non-hydrogen) atoms. The van der Waals surface area contributed by atoms with E-state index in [4.69, 9.17) is 9.47 Å². The fourth-order valence-electron chi connectivity index (χ4n) is 4.31. The van der Waals surface area contributed by atoms with Gasteiger partial charge in [0.25, 0.3) is 5.91 Å². The van der Waals surface area contributed by atoms with Crippen LogP contribution in [0.15, 0.2) is 24.4 Å². The van der Waals surface area contributed by atoms with Gasteiger partial charge in [-0.05, 0) is 56.1 Å². The van der Waals surface area contributed by atoms with Crippen LogP contribution in [0.25, 0.3) is 0 Å². The van der Waals surface area contributed by atoms with E-state index >= 15 is 0 Å². The van der Waals surface area contributed by atoms with E-state index in [9.17, 15) is 23.2 Å². The Bertz CT molecular complexity index is 1130. The summed E-state index contributed by atoms with van der Waals surface area (Å²) >= 11 is 0. The van der Waals surface area contributed by atoms with Gasteiger partial charge >= 0.3 is 6.18 Å². The monoisotopic (exact) mass is 504 g/mol. The summed E-state index contributed by atoms with van der Waals surface area (Å²) in [5, 5.41) is 9.25. The number of amides is 1. The Morgan fingerprint density at radius 1 is 1.28 bits per heavy atom. The summed E-state index contributed by atoms with van der Waals surface area (Å²) in [5.41, 5.74) is 2.11. The second-order valence-electron chi connectivity index (χ2n) is 8.71. The van der Waals surface area contributed by atoms with Crippen molar-refractivity contribution in [2.75, 3.05) is 40.4 Å². The molecule has 10 heteroatoms. The van der Waals surface area contributed by atoms with E-state index < -0.39 is 12.3 Å². The average Bonchev–Trinajstić information content (AvgIpc) is 2.84. The summed E-state index contributed by atoms with van der Waals surface area (Å²) in [6, 6.07) is 6.88. The molecule has 0 fully saturated rings. The number of likely N-dealkylation sites (N-methyl/N-ethyl adjacent to an activating group) is 1. The zero-order chi connectivity index (χ0) is 26.5. The Morgan fingerprint density at radius 2 is 2.03 bits per heavy atom. The first-order valence-electron chi connectivity index (χ1n) is 11.9. The SMILES string of the molecule is CCOc1cc(CN2CCc3c(cc(CCN(C)CC)cc3C(OC)C(F)(F)F)C2=O)ncc1C#N. The quantitative estimate of drug-likeness (QED) is 0.480. The number of benzene rings is 1. The molecule has 1 amide bonds. The van der Waals surface area contributed by atoms with Crippen LogP contribution in [-0.2, 0) is 24.1 Å². The molecule has 194 valence electrons. The zero-order valence-electron chi connectivity index (χ0n) is 21.0. The van der Waals surface area contributed by atoms with Gasteiger partial charge in [0.2, 0.25) is 0 Å². The number of methoxy groups -OCH3 is 1. The summed E-state index contributed by atoms with van der Waals surface area (Å²) in [4.78, 5) is 21.4. The van der Waals surface area contributed by atoms with Crippen molar-refractivity contribution < 1.29 is 27.4 Å². The van der Waals surface area contributed by atoms with E-state index in [0.717, 1.165) is 13.7 Å². The summed E-state index contributed by atoms with van der Waals surface area (Å²) in [7, 11) is 2.96. The van der Waals surface area contributed by atoms with Gasteiger partial charge in [-0.1, -0.05) is 13.0 Å². The highest BCUT2D eigenvalue weighted by Gasteiger charge is 2.43. The van der Waals surface area contributed by atoms with Gasteiger partial charge < -0.3 is 19.3 Å². The van der Waals surface area contributed by atoms with Gasteiger partial charge in [-0.3, -0.25) is 9.78 Å². The number of carbonyl (C=O) groups excluding carboxylic acids is 1. The molecule has 1 aliphatic rings. The van der Waals surface area contributed by atoms with Crippen LogP contribution in [0.4, 0.5) is 13.2 Å². The van der Waals surface area contributed by atoms with Gasteiger partial charge in [0.05, 0.1) is 18.8 Å². The van der Waals surface area contributed by atoms with E-state index in [1.165, 1.54) is 12.3 Å². The number of nitrogens with zero attached hydrogens (tertiary/aromatic N) is 4. The molecule has 0 saturated heterocycles. The van der Waals surface area contributed by atoms with Crippen LogP contribution in [0.2, 0.25) is 0 Å². The Kier molecular flexibility index (Phi) is 8.93. The third-order valence-electron chi connectivity index (χ3n) is 6.33. The number of halogens is 3. The first-order chi connectivity index (χ1) is 17.1. The molecule has 1 aliphatic heterocycles. The van der Waals surface area contributed by atoms with E-state index in [-0.39, 0.29) is 36.5 Å². The molecule has 0 aliphatic carbocycles. The van der Waals surface area contributed by atoms with Crippen LogP contribution in [0.1, 0.15) is 58.3 Å². The van der Waals surface area contributed by atoms with Gasteiger partial charge in [-0.15, -0.1) is 0 Å². The Morgan fingerprint density at radius 3 is 2.64 bits per heavy atom. The molecule has 3 rings (SSSR count). The number of rotatable bonds is 10. The molecule has 2 aromatic rings. The van der Waals surface area contributed by atoms with Crippen molar-refractivity contribution in [3.05, 3.63) is 57.9 Å². The molecule has 0 saturated carbocycles. The van der Waals surface area contributed by atoms with Crippen LogP contribution in [-0.4, -0.2) is 67.3 Å². The molecular weight excluding hydrogens is 473 g/mol. The fraction of sp³-hybridized carbons (Fsp3) is 0.500. The van der Waals surface area contributed by atoms with E-state index in [1.807, 2.05) is 20.0 Å². The van der Waals surface area contributed by atoms with Gasteiger partial charge in [0.15, 0.2) is 6.10 Å². The second kappa shape index (κ2) is 11.7. The van der Waals surface area contributed by atoms with Crippen molar-refractivity contribution in [3.8, 4) is 11.8 Å². The molecule has 1 aromatic heterocycles. The topological polar surface area (TPSA) is 78.7 Å². The Hall–Kier alpha value is -3.16. The molecule has 0 radical (unpaired) electrons. The lowest BCUT2D eigenvalue weighted by molar-refractivity contribution is -0.216. The maximum atomic E-state index is 13.8. The number of hydrogen-bond acceptors (Lipinski definition) is 6. The van der Waals surface area contributed by atoms with E-state index in [1.54, 1.807) is 24.0 Å². The summed E-state index contributed by atoms with van der Waals surface area (Å²) < 4.78 is 51.9. The lowest BCUT2D eigenvalue weighted by atomic mass is 9.88. The number of carbonyl (C=O) groups is 1. The Balaban J connectivity index is 1.97. The maximum absolute atomic E-state index is 13.8. The average molecular weight is 505 g/mol. The summed E-state index contributed by atoms with van der Waals surface area (Å²) in [6.45, 7) is 5.99. The maximum Gasteiger partial charge on any atom is 0.418 e. The van der Waals surface area contributed by atoms with E-state index in [0.29, 0.717) is 47.7 Å². The number of fused-ring (bicyclic) bond motifs is 1. The van der Waals surface area contributed by atoms with Crippen molar-refractivity contribution in [1.82, 2.24) is 14.8 Å². The number of alkyl halides is 3. The van der Waals surface area contributed by atoms with Crippen molar-refractivity contribution >= 4 is 5.91 Å². The molecule has 1 atom stereocenters. The molecular formula is C26H31F3N4O3. The van der Waals surface area contributed by atoms with Gasteiger partial charge in [0.1, 0.15) is 17.4 Å². The lowest BCUT2D eigenvalue weighted by Crippen LogP contribution is -2.38. The summed E-state index contributed by atoms with van der Waals surface area (Å²) in [5.74, 6) is 0.0249. The largest absolute Gasteiger partial charge is 0.492 e. The van der Waals surface area contributed by atoms with Crippen LogP contribution in [0, 0.1) is 11.3 Å². The van der Waals surface area contributed by atoms with Gasteiger partial charge in [0, 0.05) is 38.0 Å². The molecule has 0 N–H and O–H groups in total. The first-order valence-corrected chi connectivity index (χ1v) is 11.9. The Labute approximate surface area is 209 Å². The summed E-state index contributed by atoms with van der Waals surface area (Å²) in [6.07, 6.45) is -4.56. The van der Waals surface area contributed by atoms with Crippen molar-refractivity contribution in [2.24, 2.45) is 0 Å². The lowest BCUT2D eigenvalue weighted by Gasteiger charge is -2.32. The smallest absolute Gasteiger partial charge is 0.418 e. The van der Waals surface area contributed by atoms with E-state index in [2.05, 4.69) is 9.88 Å². The number of pyridine rings is 1. The minimum Gasteiger partial charge on any atom is -0.492 e. The molecule has 7 nitrogen and oxygen atoms in total. The zero-order valence-corrected chi connectivity index (χ0v) is 21.0. The van der Waals surface area contributed by atoms with Crippen LogP contribution < -0.4 is 4.74 Å². The molecule has 1 aromatic carbocycles. The predicted molar refractivity (Wildman–Crippen MR) is 128 cm³/mol. The standard InChI is InChI=1S/C26H31F3N4O3/c1-5-32(3)9-7-17-11-21(24(35-4)26(27,28)29)20-8-10-33(25(34)22(20)12-17)16-19-13-23(36-6-2)18(14-30)15-31-19/h11-13,15,24H,5-10,16H2,1-4H3. The third-order valence-corrected chi connectivity index (χ3v) is 6.33. The third kappa shape index (κ3) is 6.15. The van der Waals surface area contributed by atoms with Crippen LogP contribution in [0.5, 0.6) is 5.75 Å². The minimum absolute atomic E-state index is 0.000202. The van der Waals surface area contributed by atoms with Crippen molar-refractivity contribution in [1.29, 1.82) is 5.26 Å². The second-order valence-corrected chi connectivity index (χ2v) is 8.71. The number of ether oxygens (including phenoxy) is 2. The number of aromatic nitrogens is 1. The highest BCUT2D eigenvalue weighted by Crippen LogP contribution is 2.40. The number of nitriles is 1. The highest BCUT2D eigenvalue weighted by atomic mass is 19.4. The van der Waals surface area contributed by atoms with Crippen LogP contribution in [0.3, 0.4) is 0 Å². The first kappa shape index (κ1) is 27.4. The molecule has 0 bridgehead atoms. The highest BCUT2D eigenvalue weighted by molar-refractivity contribution is 5.97. The van der Waals surface area contributed by atoms with Gasteiger partial charge in [-0.25, -0.2) is 0 Å². The predicted octanol–water partition coefficient (Wildman–Crippen LogP) is 4.29. The molecule has 0 spiro atoms. The normalized spacial score (nSPS) is 14.5. The fourth-order valence-corrected chi connectivity index (χ4v) is 4.31. The van der Waals surface area contributed by atoms with Crippen molar-refractivity contribution in [2.45, 2.75) is 45.5 Å². The number of hydrogen-bond donors (Lipinski definition) is 0. The molecule has 1 unspecified atom stereocenters. The molecule has 2 heterocycles. The van der Waals surface area contributed by atoms with Gasteiger partial charge in [-0.2, -0.15) is 18.4 Å².